The van der Waals surface area contributed by atoms with Crippen LogP contribution in [-0.2, 0) is 22.6 Å². The predicted octanol–water partition coefficient (Wildman–Crippen LogP) is 5.79. The Labute approximate surface area is 165 Å². The Bertz CT molecular complexity index is 910. The molecular weight excluding hydrogens is 391 g/mol. The number of benzene rings is 2. The second-order valence-corrected chi connectivity index (χ2v) is 7.39. The van der Waals surface area contributed by atoms with E-state index < -0.39 is 0 Å². The Morgan fingerprint density at radius 2 is 1.92 bits per heavy atom. The van der Waals surface area contributed by atoms with Crippen molar-refractivity contribution in [3.05, 3.63) is 74.7 Å². The highest BCUT2D eigenvalue weighted by Gasteiger charge is 2.09. The van der Waals surface area contributed by atoms with Crippen LogP contribution < -0.4 is 5.32 Å². The molecule has 0 spiro atoms. The summed E-state index contributed by atoms with van der Waals surface area (Å²) in [5.41, 5.74) is 3.62. The van der Waals surface area contributed by atoms with Crippen LogP contribution in [0, 0.1) is 6.92 Å². The fraction of sp³-hybridized carbons (Fsp3) is 0.158. The molecule has 0 aliphatic rings. The molecule has 0 amide bonds. The zero-order valence-corrected chi connectivity index (χ0v) is 16.3. The SMILES string of the molecule is Cc1ccc(Nc2nc(COC(=O)Cc3ccc(Cl)c(Cl)c3)cs2)cc1. The third-order valence-electron chi connectivity index (χ3n) is 3.57. The minimum absolute atomic E-state index is 0.131. The van der Waals surface area contributed by atoms with Crippen molar-refractivity contribution >= 4 is 51.3 Å². The molecule has 7 heteroatoms. The third-order valence-corrected chi connectivity index (χ3v) is 5.11. The first kappa shape index (κ1) is 18.7. The molecule has 134 valence electrons. The maximum absolute atomic E-state index is 12.0. The van der Waals surface area contributed by atoms with E-state index in [0.717, 1.165) is 16.4 Å². The number of esters is 1. The molecular formula is C19H16Cl2N2O2S. The summed E-state index contributed by atoms with van der Waals surface area (Å²) in [6.07, 6.45) is 0.134. The average Bonchev–Trinajstić information content (AvgIpc) is 3.06. The summed E-state index contributed by atoms with van der Waals surface area (Å²) in [4.78, 5) is 16.4. The zero-order valence-electron chi connectivity index (χ0n) is 14.0. The van der Waals surface area contributed by atoms with Crippen LogP contribution in [0.15, 0.2) is 47.8 Å². The summed E-state index contributed by atoms with van der Waals surface area (Å²) in [6.45, 7) is 2.17. The molecule has 0 saturated carbocycles. The molecule has 0 aliphatic carbocycles. The third kappa shape index (κ3) is 5.21. The van der Waals surface area contributed by atoms with Gasteiger partial charge >= 0.3 is 5.97 Å². The number of aromatic nitrogens is 1. The number of nitrogens with zero attached hydrogens (tertiary/aromatic N) is 1. The van der Waals surface area contributed by atoms with E-state index in [-0.39, 0.29) is 19.0 Å². The van der Waals surface area contributed by atoms with Gasteiger partial charge in [0, 0.05) is 11.1 Å². The van der Waals surface area contributed by atoms with Crippen LogP contribution in [0.2, 0.25) is 10.0 Å². The number of nitrogens with one attached hydrogen (secondary N) is 1. The van der Waals surface area contributed by atoms with Gasteiger partial charge in [-0.15, -0.1) is 11.3 Å². The lowest BCUT2D eigenvalue weighted by atomic mass is 10.1. The van der Waals surface area contributed by atoms with E-state index in [4.69, 9.17) is 27.9 Å². The van der Waals surface area contributed by atoms with Crippen LogP contribution in [0.4, 0.5) is 10.8 Å². The molecule has 0 unspecified atom stereocenters. The normalized spacial score (nSPS) is 10.6. The topological polar surface area (TPSA) is 51.2 Å². The molecule has 3 rings (SSSR count). The summed E-state index contributed by atoms with van der Waals surface area (Å²) in [6, 6.07) is 13.1. The number of anilines is 2. The molecule has 0 radical (unpaired) electrons. The number of hydrogen-bond acceptors (Lipinski definition) is 5. The lowest BCUT2D eigenvalue weighted by molar-refractivity contribution is -0.144. The van der Waals surface area contributed by atoms with Crippen molar-refractivity contribution in [2.24, 2.45) is 0 Å². The molecule has 1 N–H and O–H groups in total. The minimum atomic E-state index is -0.343. The first-order valence-electron chi connectivity index (χ1n) is 7.87. The smallest absolute Gasteiger partial charge is 0.310 e. The number of thiazole rings is 1. The van der Waals surface area contributed by atoms with Crippen LogP contribution >= 0.6 is 34.5 Å². The second kappa shape index (κ2) is 8.54. The Morgan fingerprint density at radius 1 is 1.15 bits per heavy atom. The van der Waals surface area contributed by atoms with Gasteiger partial charge in [0.25, 0.3) is 0 Å². The highest BCUT2D eigenvalue weighted by molar-refractivity contribution is 7.13. The average molecular weight is 407 g/mol. The summed E-state index contributed by atoms with van der Waals surface area (Å²) in [7, 11) is 0. The van der Waals surface area contributed by atoms with Crippen molar-refractivity contribution in [3.8, 4) is 0 Å². The number of carbonyl (C=O) groups excluding carboxylic acids is 1. The first-order valence-corrected chi connectivity index (χ1v) is 9.51. The van der Waals surface area contributed by atoms with Crippen molar-refractivity contribution in [3.63, 3.8) is 0 Å². The van der Waals surface area contributed by atoms with Crippen molar-refractivity contribution in [1.82, 2.24) is 4.98 Å². The lowest BCUT2D eigenvalue weighted by Gasteiger charge is -2.05. The van der Waals surface area contributed by atoms with Crippen molar-refractivity contribution < 1.29 is 9.53 Å². The van der Waals surface area contributed by atoms with Crippen LogP contribution in [-0.4, -0.2) is 11.0 Å². The van der Waals surface area contributed by atoms with Crippen molar-refractivity contribution in [2.45, 2.75) is 20.0 Å². The molecule has 1 heterocycles. The maximum Gasteiger partial charge on any atom is 0.310 e. The largest absolute Gasteiger partial charge is 0.459 e. The van der Waals surface area contributed by atoms with E-state index in [9.17, 15) is 4.79 Å². The first-order chi connectivity index (χ1) is 12.5. The van der Waals surface area contributed by atoms with E-state index in [2.05, 4.69) is 10.3 Å². The van der Waals surface area contributed by atoms with Gasteiger partial charge in [0.1, 0.15) is 6.61 Å². The number of aryl methyl sites for hydroxylation is 1. The molecule has 4 nitrogen and oxygen atoms in total. The fourth-order valence-electron chi connectivity index (χ4n) is 2.21. The van der Waals surface area contributed by atoms with Gasteiger partial charge in [0.15, 0.2) is 5.13 Å². The van der Waals surface area contributed by atoms with E-state index in [1.54, 1.807) is 18.2 Å². The van der Waals surface area contributed by atoms with Gasteiger partial charge in [-0.2, -0.15) is 0 Å². The molecule has 0 atom stereocenters. The Kier molecular flexibility index (Phi) is 6.14. The summed E-state index contributed by atoms with van der Waals surface area (Å²) >= 11 is 13.3. The molecule has 1 aromatic heterocycles. The number of hydrogen-bond donors (Lipinski definition) is 1. The fourth-order valence-corrected chi connectivity index (χ4v) is 3.25. The Balaban J connectivity index is 1.51. The number of ether oxygens (including phenoxy) is 1. The highest BCUT2D eigenvalue weighted by Crippen LogP contribution is 2.24. The zero-order chi connectivity index (χ0) is 18.5. The standard InChI is InChI=1S/C19H16Cl2N2O2S/c1-12-2-5-14(6-3-12)22-19-23-15(11-26-19)10-25-18(24)9-13-4-7-16(20)17(21)8-13/h2-8,11H,9-10H2,1H3,(H,22,23). The van der Waals surface area contributed by atoms with Crippen LogP contribution in [0.25, 0.3) is 0 Å². The van der Waals surface area contributed by atoms with Gasteiger partial charge in [0.05, 0.1) is 22.2 Å². The van der Waals surface area contributed by atoms with Gasteiger partial charge in [-0.05, 0) is 36.8 Å². The number of halogens is 2. The monoisotopic (exact) mass is 406 g/mol. The number of rotatable bonds is 6. The summed E-state index contributed by atoms with van der Waals surface area (Å²) in [5.74, 6) is -0.343. The van der Waals surface area contributed by atoms with E-state index in [1.807, 2.05) is 36.6 Å². The summed E-state index contributed by atoms with van der Waals surface area (Å²) in [5, 5.41) is 6.73. The summed E-state index contributed by atoms with van der Waals surface area (Å²) < 4.78 is 5.28. The van der Waals surface area contributed by atoms with E-state index >= 15 is 0 Å². The molecule has 0 fully saturated rings. The lowest BCUT2D eigenvalue weighted by Crippen LogP contribution is -2.08. The molecule has 2 aromatic carbocycles. The van der Waals surface area contributed by atoms with Gasteiger partial charge < -0.3 is 10.1 Å². The molecule has 0 aliphatic heterocycles. The number of carbonyl (C=O) groups is 1. The van der Waals surface area contributed by atoms with E-state index in [0.29, 0.717) is 15.7 Å². The van der Waals surface area contributed by atoms with Gasteiger partial charge in [-0.25, -0.2) is 4.98 Å². The van der Waals surface area contributed by atoms with Crippen molar-refractivity contribution in [1.29, 1.82) is 0 Å². The maximum atomic E-state index is 12.0. The minimum Gasteiger partial charge on any atom is -0.459 e. The second-order valence-electron chi connectivity index (χ2n) is 5.72. The predicted molar refractivity (Wildman–Crippen MR) is 107 cm³/mol. The van der Waals surface area contributed by atoms with Crippen molar-refractivity contribution in [2.75, 3.05) is 5.32 Å². The highest BCUT2D eigenvalue weighted by atomic mass is 35.5. The molecule has 26 heavy (non-hydrogen) atoms. The van der Waals surface area contributed by atoms with Gasteiger partial charge in [0.2, 0.25) is 0 Å². The molecule has 0 saturated heterocycles. The molecule has 0 bridgehead atoms. The molecule has 3 aromatic rings. The van der Waals surface area contributed by atoms with Crippen LogP contribution in [0.3, 0.4) is 0 Å². The van der Waals surface area contributed by atoms with Gasteiger partial charge in [-0.3, -0.25) is 4.79 Å². The Hall–Kier alpha value is -2.08. The Morgan fingerprint density at radius 3 is 2.65 bits per heavy atom. The van der Waals surface area contributed by atoms with Crippen LogP contribution in [0.1, 0.15) is 16.8 Å². The quantitative estimate of drug-likeness (QED) is 0.526. The van der Waals surface area contributed by atoms with E-state index in [1.165, 1.54) is 16.9 Å². The van der Waals surface area contributed by atoms with Crippen LogP contribution in [0.5, 0.6) is 0 Å². The van der Waals surface area contributed by atoms with Gasteiger partial charge in [-0.1, -0.05) is 47.0 Å².